The number of halogens is 1. The van der Waals surface area contributed by atoms with Gasteiger partial charge in [-0.15, -0.1) is 0 Å². The number of anilines is 1. The summed E-state index contributed by atoms with van der Waals surface area (Å²) in [5.74, 6) is -1.59. The molecule has 7 heteroatoms. The first kappa shape index (κ1) is 20.1. The maximum Gasteiger partial charge on any atom is 0.311 e. The van der Waals surface area contributed by atoms with Crippen molar-refractivity contribution in [2.45, 2.75) is 19.4 Å². The van der Waals surface area contributed by atoms with E-state index in [0.717, 1.165) is 10.0 Å². The van der Waals surface area contributed by atoms with Crippen molar-refractivity contribution >= 4 is 39.4 Å². The molecule has 0 saturated carbocycles. The Labute approximate surface area is 172 Å². The van der Waals surface area contributed by atoms with Gasteiger partial charge in [-0.05, 0) is 36.8 Å². The predicted molar refractivity (Wildman–Crippen MR) is 108 cm³/mol. The molecule has 1 aliphatic rings. The summed E-state index contributed by atoms with van der Waals surface area (Å²) in [6.07, 6.45) is 0.102. The van der Waals surface area contributed by atoms with E-state index in [1.54, 1.807) is 29.2 Å². The number of rotatable bonds is 6. The number of nitrogens with one attached hydrogen (secondary N) is 1. The van der Waals surface area contributed by atoms with Gasteiger partial charge in [0, 0.05) is 23.1 Å². The van der Waals surface area contributed by atoms with Gasteiger partial charge >= 0.3 is 5.97 Å². The fourth-order valence-electron chi connectivity index (χ4n) is 3.16. The van der Waals surface area contributed by atoms with Crippen LogP contribution in [0.5, 0.6) is 0 Å². The van der Waals surface area contributed by atoms with E-state index in [4.69, 9.17) is 4.74 Å². The lowest BCUT2D eigenvalue weighted by Crippen LogP contribution is -2.30. The molecule has 1 fully saturated rings. The standard InChI is InChI=1S/C21H21BrN2O4/c1-14(15-5-3-2-4-6-15)24-12-16(11-20(24)26)21(27)28-13-19(25)23-18-9-7-17(22)8-10-18/h2-10,14,16H,11-13H2,1H3,(H,23,25)/t14-,16-/m0/s1. The molecule has 3 rings (SSSR count). The third-order valence-corrected chi connectivity index (χ3v) is 5.24. The molecule has 0 aromatic heterocycles. The fourth-order valence-corrected chi connectivity index (χ4v) is 3.42. The third kappa shape index (κ3) is 4.98. The van der Waals surface area contributed by atoms with Crippen molar-refractivity contribution in [3.63, 3.8) is 0 Å². The molecule has 2 aromatic rings. The molecule has 6 nitrogen and oxygen atoms in total. The zero-order valence-electron chi connectivity index (χ0n) is 15.4. The number of nitrogens with zero attached hydrogens (tertiary/aromatic N) is 1. The highest BCUT2D eigenvalue weighted by Gasteiger charge is 2.38. The number of ether oxygens (including phenoxy) is 1. The molecule has 1 aliphatic heterocycles. The zero-order chi connectivity index (χ0) is 20.1. The van der Waals surface area contributed by atoms with Crippen LogP contribution in [0.4, 0.5) is 5.69 Å². The second kappa shape index (κ2) is 9.01. The van der Waals surface area contributed by atoms with Crippen LogP contribution in [0.3, 0.4) is 0 Å². The van der Waals surface area contributed by atoms with Gasteiger partial charge in [-0.25, -0.2) is 0 Å². The van der Waals surface area contributed by atoms with Gasteiger partial charge in [-0.3, -0.25) is 14.4 Å². The fraction of sp³-hybridized carbons (Fsp3) is 0.286. The quantitative estimate of drug-likeness (QED) is 0.691. The number of carbonyl (C=O) groups is 3. The number of amides is 2. The molecule has 0 aliphatic carbocycles. The van der Waals surface area contributed by atoms with Gasteiger partial charge in [0.25, 0.3) is 5.91 Å². The van der Waals surface area contributed by atoms with E-state index in [9.17, 15) is 14.4 Å². The maximum atomic E-state index is 12.3. The van der Waals surface area contributed by atoms with Gasteiger partial charge in [-0.1, -0.05) is 46.3 Å². The van der Waals surface area contributed by atoms with Crippen LogP contribution in [-0.4, -0.2) is 35.8 Å². The van der Waals surface area contributed by atoms with E-state index in [1.165, 1.54) is 0 Å². The van der Waals surface area contributed by atoms with Crippen LogP contribution in [0, 0.1) is 5.92 Å². The molecule has 0 unspecified atom stereocenters. The van der Waals surface area contributed by atoms with Gasteiger partial charge in [0.05, 0.1) is 12.0 Å². The first-order valence-corrected chi connectivity index (χ1v) is 9.80. The monoisotopic (exact) mass is 444 g/mol. The van der Waals surface area contributed by atoms with Crippen LogP contribution in [0.1, 0.15) is 24.9 Å². The third-order valence-electron chi connectivity index (χ3n) is 4.71. The molecule has 1 heterocycles. The molecule has 2 amide bonds. The topological polar surface area (TPSA) is 75.7 Å². The normalized spacial score (nSPS) is 17.3. The smallest absolute Gasteiger partial charge is 0.311 e. The van der Waals surface area contributed by atoms with E-state index < -0.39 is 17.8 Å². The lowest BCUT2D eigenvalue weighted by atomic mass is 10.1. The summed E-state index contributed by atoms with van der Waals surface area (Å²) in [6.45, 7) is 1.85. The number of esters is 1. The molecule has 2 aromatic carbocycles. The Bertz CT molecular complexity index is 854. The highest BCUT2D eigenvalue weighted by Crippen LogP contribution is 2.29. The van der Waals surface area contributed by atoms with Gasteiger partial charge in [0.2, 0.25) is 5.91 Å². The summed E-state index contributed by atoms with van der Waals surface area (Å²) in [5.41, 5.74) is 1.63. The second-order valence-corrected chi connectivity index (χ2v) is 7.61. The second-order valence-electron chi connectivity index (χ2n) is 6.70. The van der Waals surface area contributed by atoms with Crippen LogP contribution in [0.15, 0.2) is 59.1 Å². The van der Waals surface area contributed by atoms with Crippen molar-refractivity contribution in [1.82, 2.24) is 4.90 Å². The highest BCUT2D eigenvalue weighted by atomic mass is 79.9. The van der Waals surface area contributed by atoms with E-state index in [1.807, 2.05) is 37.3 Å². The Morgan fingerprint density at radius 1 is 1.18 bits per heavy atom. The van der Waals surface area contributed by atoms with E-state index >= 15 is 0 Å². The molecule has 1 N–H and O–H groups in total. The average molecular weight is 445 g/mol. The Balaban J connectivity index is 1.50. The predicted octanol–water partition coefficient (Wildman–Crippen LogP) is 3.54. The van der Waals surface area contributed by atoms with E-state index in [0.29, 0.717) is 12.2 Å². The minimum Gasteiger partial charge on any atom is -0.455 e. The van der Waals surface area contributed by atoms with Gasteiger partial charge in [-0.2, -0.15) is 0 Å². The summed E-state index contributed by atoms with van der Waals surface area (Å²) in [4.78, 5) is 38.3. The lowest BCUT2D eigenvalue weighted by molar-refractivity contribution is -0.151. The largest absolute Gasteiger partial charge is 0.455 e. The van der Waals surface area contributed by atoms with Crippen molar-refractivity contribution in [1.29, 1.82) is 0 Å². The summed E-state index contributed by atoms with van der Waals surface area (Å²) < 4.78 is 6.03. The Kier molecular flexibility index (Phi) is 6.46. The summed E-state index contributed by atoms with van der Waals surface area (Å²) in [6, 6.07) is 16.6. The Hall–Kier alpha value is -2.67. The molecule has 0 bridgehead atoms. The maximum absolute atomic E-state index is 12.3. The molecular formula is C21H21BrN2O4. The van der Waals surface area contributed by atoms with Crippen molar-refractivity contribution in [2.75, 3.05) is 18.5 Å². The van der Waals surface area contributed by atoms with Crippen LogP contribution in [0.25, 0.3) is 0 Å². The Morgan fingerprint density at radius 2 is 1.86 bits per heavy atom. The number of benzene rings is 2. The van der Waals surface area contributed by atoms with Crippen molar-refractivity contribution < 1.29 is 19.1 Å². The SMILES string of the molecule is C[C@@H](c1ccccc1)N1C[C@@H](C(=O)OCC(=O)Nc2ccc(Br)cc2)CC1=O. The number of hydrogen-bond donors (Lipinski definition) is 1. The molecule has 0 radical (unpaired) electrons. The Morgan fingerprint density at radius 3 is 2.54 bits per heavy atom. The molecule has 1 saturated heterocycles. The van der Waals surface area contributed by atoms with Crippen molar-refractivity contribution in [3.05, 3.63) is 64.6 Å². The molecule has 0 spiro atoms. The molecular weight excluding hydrogens is 424 g/mol. The van der Waals surface area contributed by atoms with Crippen molar-refractivity contribution in [2.24, 2.45) is 5.92 Å². The van der Waals surface area contributed by atoms with Crippen LogP contribution >= 0.6 is 15.9 Å². The molecule has 28 heavy (non-hydrogen) atoms. The zero-order valence-corrected chi connectivity index (χ0v) is 17.0. The van der Waals surface area contributed by atoms with Crippen molar-refractivity contribution in [3.8, 4) is 0 Å². The number of hydrogen-bond acceptors (Lipinski definition) is 4. The average Bonchev–Trinajstić information content (AvgIpc) is 3.10. The summed E-state index contributed by atoms with van der Waals surface area (Å²) in [5, 5.41) is 2.66. The van der Waals surface area contributed by atoms with Gasteiger partial charge < -0.3 is 15.0 Å². The van der Waals surface area contributed by atoms with Gasteiger partial charge in [0.1, 0.15) is 0 Å². The van der Waals surface area contributed by atoms with E-state index in [2.05, 4.69) is 21.2 Å². The van der Waals surface area contributed by atoms with E-state index in [-0.39, 0.29) is 25.0 Å². The highest BCUT2D eigenvalue weighted by molar-refractivity contribution is 9.10. The summed E-state index contributed by atoms with van der Waals surface area (Å²) >= 11 is 3.32. The summed E-state index contributed by atoms with van der Waals surface area (Å²) in [7, 11) is 0. The number of carbonyl (C=O) groups excluding carboxylic acids is 3. The van der Waals surface area contributed by atoms with Crippen LogP contribution < -0.4 is 5.32 Å². The number of likely N-dealkylation sites (tertiary alicyclic amines) is 1. The van der Waals surface area contributed by atoms with Gasteiger partial charge in [0.15, 0.2) is 6.61 Å². The molecule has 2 atom stereocenters. The van der Waals surface area contributed by atoms with Crippen LogP contribution in [0.2, 0.25) is 0 Å². The first-order valence-electron chi connectivity index (χ1n) is 9.00. The first-order chi connectivity index (χ1) is 13.4. The lowest BCUT2D eigenvalue weighted by Gasteiger charge is -2.25. The minimum atomic E-state index is -0.556. The minimum absolute atomic E-state index is 0.0855. The van der Waals surface area contributed by atoms with Crippen LogP contribution in [-0.2, 0) is 19.1 Å². The molecule has 146 valence electrons.